The number of ether oxygens (including phenoxy) is 1. The molecule has 1 unspecified atom stereocenters. The second-order valence-electron chi connectivity index (χ2n) is 5.25. The van der Waals surface area contributed by atoms with Crippen LogP contribution in [0.25, 0.3) is 0 Å². The summed E-state index contributed by atoms with van der Waals surface area (Å²) in [6.07, 6.45) is 10.3. The summed E-state index contributed by atoms with van der Waals surface area (Å²) in [5.74, 6) is 3.45. The Labute approximate surface area is 105 Å². The summed E-state index contributed by atoms with van der Waals surface area (Å²) in [6, 6.07) is 0.686. The van der Waals surface area contributed by atoms with E-state index in [2.05, 4.69) is 16.1 Å². The molecule has 0 amide bonds. The predicted octanol–water partition coefficient (Wildman–Crippen LogP) is 1.10. The van der Waals surface area contributed by atoms with E-state index in [1.54, 1.807) is 0 Å². The monoisotopic (exact) mass is 236 g/mol. The van der Waals surface area contributed by atoms with Crippen LogP contribution < -0.4 is 5.32 Å². The third-order valence-corrected chi connectivity index (χ3v) is 3.85. The molecule has 1 atom stereocenters. The molecule has 2 fully saturated rings. The van der Waals surface area contributed by atoms with Gasteiger partial charge in [0.2, 0.25) is 0 Å². The summed E-state index contributed by atoms with van der Waals surface area (Å²) in [5, 5.41) is 3.70. The zero-order valence-electron chi connectivity index (χ0n) is 10.7. The Balaban J connectivity index is 1.59. The van der Waals surface area contributed by atoms with Crippen LogP contribution in [0, 0.1) is 18.3 Å². The average molecular weight is 236 g/mol. The molecule has 17 heavy (non-hydrogen) atoms. The summed E-state index contributed by atoms with van der Waals surface area (Å²) in [5.41, 5.74) is 0. The molecule has 0 bridgehead atoms. The normalized spacial score (nSPS) is 27.8. The first-order chi connectivity index (χ1) is 8.38. The summed E-state index contributed by atoms with van der Waals surface area (Å²) in [6.45, 7) is 6.12. The highest BCUT2D eigenvalue weighted by Gasteiger charge is 2.20. The Morgan fingerprint density at radius 2 is 2.12 bits per heavy atom. The molecule has 2 aliphatic rings. The highest BCUT2D eigenvalue weighted by atomic mass is 16.5. The maximum Gasteiger partial charge on any atom is 0.0598 e. The number of rotatable bonds is 4. The first-order valence-corrected chi connectivity index (χ1v) is 6.85. The van der Waals surface area contributed by atoms with E-state index in [4.69, 9.17) is 11.2 Å². The van der Waals surface area contributed by atoms with Gasteiger partial charge in [0.1, 0.15) is 0 Å². The number of hydrogen-bond acceptors (Lipinski definition) is 3. The molecule has 2 heterocycles. The topological polar surface area (TPSA) is 24.5 Å². The van der Waals surface area contributed by atoms with E-state index in [9.17, 15) is 0 Å². The lowest BCUT2D eigenvalue weighted by Crippen LogP contribution is -2.44. The van der Waals surface area contributed by atoms with E-state index in [0.717, 1.165) is 45.3 Å². The van der Waals surface area contributed by atoms with Crippen molar-refractivity contribution >= 4 is 0 Å². The van der Waals surface area contributed by atoms with Crippen molar-refractivity contribution in [1.82, 2.24) is 10.2 Å². The van der Waals surface area contributed by atoms with E-state index in [-0.39, 0.29) is 0 Å². The van der Waals surface area contributed by atoms with Crippen LogP contribution in [0.15, 0.2) is 0 Å². The van der Waals surface area contributed by atoms with Crippen molar-refractivity contribution in [2.75, 3.05) is 39.4 Å². The second-order valence-corrected chi connectivity index (χ2v) is 5.25. The minimum absolute atomic E-state index is 0.686. The Morgan fingerprint density at radius 3 is 2.76 bits per heavy atom. The number of piperidine rings is 1. The van der Waals surface area contributed by atoms with Gasteiger partial charge in [-0.05, 0) is 31.6 Å². The number of terminal acetylenes is 1. The molecule has 2 rings (SSSR count). The highest BCUT2D eigenvalue weighted by molar-refractivity contribution is 4.90. The van der Waals surface area contributed by atoms with E-state index >= 15 is 0 Å². The molecular weight excluding hydrogens is 212 g/mol. The van der Waals surface area contributed by atoms with Gasteiger partial charge < -0.3 is 10.1 Å². The fourth-order valence-corrected chi connectivity index (χ4v) is 2.73. The quantitative estimate of drug-likeness (QED) is 0.740. The van der Waals surface area contributed by atoms with Crippen LogP contribution in [0.3, 0.4) is 0 Å². The lowest BCUT2D eigenvalue weighted by molar-refractivity contribution is 0.0526. The van der Waals surface area contributed by atoms with Crippen molar-refractivity contribution in [3.63, 3.8) is 0 Å². The van der Waals surface area contributed by atoms with Gasteiger partial charge >= 0.3 is 0 Å². The van der Waals surface area contributed by atoms with Crippen LogP contribution in [0.4, 0.5) is 0 Å². The van der Waals surface area contributed by atoms with Crippen LogP contribution in [-0.4, -0.2) is 50.3 Å². The molecule has 0 spiro atoms. The number of nitrogens with one attached hydrogen (secondary N) is 1. The van der Waals surface area contributed by atoms with Gasteiger partial charge in [-0.25, -0.2) is 0 Å². The van der Waals surface area contributed by atoms with Crippen LogP contribution in [0.2, 0.25) is 0 Å². The average Bonchev–Trinajstić information content (AvgIpc) is 2.40. The van der Waals surface area contributed by atoms with Crippen LogP contribution in [0.1, 0.15) is 25.7 Å². The van der Waals surface area contributed by atoms with Gasteiger partial charge in [0.15, 0.2) is 0 Å². The Morgan fingerprint density at radius 1 is 1.29 bits per heavy atom. The SMILES string of the molecule is C#CCN1CCC(NCC2CCCOC2)CC1. The maximum atomic E-state index is 5.50. The van der Waals surface area contributed by atoms with Gasteiger partial charge in [0.05, 0.1) is 13.2 Å². The first kappa shape index (κ1) is 12.9. The fraction of sp³-hybridized carbons (Fsp3) is 0.857. The van der Waals surface area contributed by atoms with Crippen LogP contribution in [-0.2, 0) is 4.74 Å². The van der Waals surface area contributed by atoms with E-state index in [0.29, 0.717) is 6.04 Å². The number of hydrogen-bond donors (Lipinski definition) is 1. The summed E-state index contributed by atoms with van der Waals surface area (Å²) in [4.78, 5) is 2.36. The lowest BCUT2D eigenvalue weighted by atomic mass is 10.00. The highest BCUT2D eigenvalue weighted by Crippen LogP contribution is 2.14. The van der Waals surface area contributed by atoms with E-state index in [1.807, 2.05) is 0 Å². The predicted molar refractivity (Wildman–Crippen MR) is 69.8 cm³/mol. The zero-order valence-corrected chi connectivity index (χ0v) is 10.7. The van der Waals surface area contributed by atoms with Gasteiger partial charge in [-0.15, -0.1) is 6.42 Å². The van der Waals surface area contributed by atoms with E-state index < -0.39 is 0 Å². The van der Waals surface area contributed by atoms with Gasteiger partial charge in [-0.3, -0.25) is 4.90 Å². The molecule has 96 valence electrons. The van der Waals surface area contributed by atoms with Crippen molar-refractivity contribution in [3.8, 4) is 12.3 Å². The third-order valence-electron chi connectivity index (χ3n) is 3.85. The van der Waals surface area contributed by atoms with Crippen molar-refractivity contribution in [2.24, 2.45) is 5.92 Å². The van der Waals surface area contributed by atoms with Gasteiger partial charge in [0, 0.05) is 32.3 Å². The molecule has 0 aromatic heterocycles. The summed E-state index contributed by atoms with van der Waals surface area (Å²) in [7, 11) is 0. The molecule has 0 radical (unpaired) electrons. The standard InChI is InChI=1S/C14H24N2O/c1-2-7-16-8-5-14(6-9-16)15-11-13-4-3-10-17-12-13/h1,13-15H,3-12H2. The van der Waals surface area contributed by atoms with Crippen molar-refractivity contribution in [2.45, 2.75) is 31.7 Å². The van der Waals surface area contributed by atoms with E-state index in [1.165, 1.54) is 25.7 Å². The molecule has 1 N–H and O–H groups in total. The van der Waals surface area contributed by atoms with Gasteiger partial charge in [0.25, 0.3) is 0 Å². The molecule has 2 aliphatic heterocycles. The molecule has 0 aromatic carbocycles. The molecule has 0 saturated carbocycles. The number of nitrogens with zero attached hydrogens (tertiary/aromatic N) is 1. The lowest BCUT2D eigenvalue weighted by Gasteiger charge is -2.32. The van der Waals surface area contributed by atoms with Crippen molar-refractivity contribution < 1.29 is 4.74 Å². The molecule has 3 nitrogen and oxygen atoms in total. The molecule has 3 heteroatoms. The Hall–Kier alpha value is -0.560. The van der Waals surface area contributed by atoms with Gasteiger partial charge in [-0.1, -0.05) is 5.92 Å². The summed E-state index contributed by atoms with van der Waals surface area (Å²) < 4.78 is 5.50. The largest absolute Gasteiger partial charge is 0.381 e. The molecule has 2 saturated heterocycles. The minimum Gasteiger partial charge on any atom is -0.381 e. The fourth-order valence-electron chi connectivity index (χ4n) is 2.73. The third kappa shape index (κ3) is 4.31. The number of likely N-dealkylation sites (tertiary alicyclic amines) is 1. The Kier molecular flexibility index (Phi) is 5.31. The molecule has 0 aliphatic carbocycles. The zero-order chi connectivity index (χ0) is 11.9. The maximum absolute atomic E-state index is 5.50. The van der Waals surface area contributed by atoms with Crippen molar-refractivity contribution in [1.29, 1.82) is 0 Å². The minimum atomic E-state index is 0.686. The second kappa shape index (κ2) is 7.00. The van der Waals surface area contributed by atoms with Crippen LogP contribution in [0.5, 0.6) is 0 Å². The Bertz CT molecular complexity index is 247. The van der Waals surface area contributed by atoms with Gasteiger partial charge in [-0.2, -0.15) is 0 Å². The van der Waals surface area contributed by atoms with Crippen LogP contribution >= 0.6 is 0 Å². The summed E-state index contributed by atoms with van der Waals surface area (Å²) >= 11 is 0. The van der Waals surface area contributed by atoms with Crippen molar-refractivity contribution in [3.05, 3.63) is 0 Å². The molecular formula is C14H24N2O. The molecule has 0 aromatic rings. The first-order valence-electron chi connectivity index (χ1n) is 6.85. The smallest absolute Gasteiger partial charge is 0.0598 e.